The first-order chi connectivity index (χ1) is 9.52. The molecule has 1 N–H and O–H groups in total. The number of hydrogen-bond acceptors (Lipinski definition) is 3. The molecule has 4 heteroatoms. The van der Waals surface area contributed by atoms with Crippen LogP contribution in [0.15, 0.2) is 30.5 Å². The molecule has 20 heavy (non-hydrogen) atoms. The maximum Gasteiger partial charge on any atom is 0.125 e. The standard InChI is InChI=1S/C16H21FN2O/c1-16(2,7-9-20-3)11-19-14-6-8-18-15-10-12(17)4-5-13(14)15/h4-6,8,10H,7,9,11H2,1-3H3,(H,18,19). The number of pyridine rings is 1. The normalized spacial score (nSPS) is 11.8. The van der Waals surface area contributed by atoms with Crippen LogP contribution in [0.1, 0.15) is 20.3 Å². The van der Waals surface area contributed by atoms with Crippen LogP contribution in [0.5, 0.6) is 0 Å². The second-order valence-corrected chi connectivity index (χ2v) is 5.78. The molecule has 0 aliphatic heterocycles. The Labute approximate surface area is 119 Å². The molecule has 0 spiro atoms. The van der Waals surface area contributed by atoms with Crippen molar-refractivity contribution in [1.29, 1.82) is 0 Å². The topological polar surface area (TPSA) is 34.1 Å². The Bertz CT molecular complexity index is 584. The van der Waals surface area contributed by atoms with E-state index in [1.54, 1.807) is 19.4 Å². The zero-order valence-electron chi connectivity index (χ0n) is 12.2. The van der Waals surface area contributed by atoms with E-state index in [9.17, 15) is 4.39 Å². The molecule has 0 atom stereocenters. The van der Waals surface area contributed by atoms with Crippen LogP contribution in [0.4, 0.5) is 10.1 Å². The quantitative estimate of drug-likeness (QED) is 0.870. The predicted octanol–water partition coefficient (Wildman–Crippen LogP) is 3.85. The number of anilines is 1. The molecule has 2 aromatic rings. The number of aromatic nitrogens is 1. The minimum absolute atomic E-state index is 0.131. The molecule has 0 bridgehead atoms. The van der Waals surface area contributed by atoms with Gasteiger partial charge in [-0.1, -0.05) is 13.8 Å². The van der Waals surface area contributed by atoms with Gasteiger partial charge in [0.2, 0.25) is 0 Å². The van der Waals surface area contributed by atoms with Crippen LogP contribution in [0.25, 0.3) is 10.9 Å². The van der Waals surface area contributed by atoms with Gasteiger partial charge in [-0.05, 0) is 30.0 Å². The molecule has 0 unspecified atom stereocenters. The summed E-state index contributed by atoms with van der Waals surface area (Å²) in [5.41, 5.74) is 1.79. The van der Waals surface area contributed by atoms with Crippen molar-refractivity contribution in [3.05, 3.63) is 36.3 Å². The van der Waals surface area contributed by atoms with Crippen molar-refractivity contribution in [3.8, 4) is 0 Å². The molecule has 0 aliphatic rings. The first-order valence-electron chi connectivity index (χ1n) is 6.79. The van der Waals surface area contributed by atoms with Gasteiger partial charge in [0.1, 0.15) is 5.82 Å². The Morgan fingerprint density at radius 1 is 1.30 bits per heavy atom. The van der Waals surface area contributed by atoms with Crippen molar-refractivity contribution in [2.24, 2.45) is 5.41 Å². The lowest BCUT2D eigenvalue weighted by Crippen LogP contribution is -2.24. The molecule has 0 fully saturated rings. The lowest BCUT2D eigenvalue weighted by atomic mass is 9.89. The van der Waals surface area contributed by atoms with Gasteiger partial charge in [-0.3, -0.25) is 4.98 Å². The monoisotopic (exact) mass is 276 g/mol. The van der Waals surface area contributed by atoms with Crippen LogP contribution in [-0.4, -0.2) is 25.2 Å². The fraction of sp³-hybridized carbons (Fsp3) is 0.438. The van der Waals surface area contributed by atoms with Gasteiger partial charge in [0.05, 0.1) is 5.52 Å². The number of nitrogens with one attached hydrogen (secondary N) is 1. The van der Waals surface area contributed by atoms with Gasteiger partial charge in [0.15, 0.2) is 0 Å². The number of nitrogens with zero attached hydrogens (tertiary/aromatic N) is 1. The van der Waals surface area contributed by atoms with Gasteiger partial charge < -0.3 is 10.1 Å². The number of fused-ring (bicyclic) bond motifs is 1. The van der Waals surface area contributed by atoms with E-state index in [1.165, 1.54) is 12.1 Å². The van der Waals surface area contributed by atoms with Gasteiger partial charge in [-0.2, -0.15) is 0 Å². The first kappa shape index (κ1) is 14.7. The van der Waals surface area contributed by atoms with Crippen LogP contribution in [-0.2, 0) is 4.74 Å². The Morgan fingerprint density at radius 3 is 2.85 bits per heavy atom. The number of methoxy groups -OCH3 is 1. The number of benzene rings is 1. The highest BCUT2D eigenvalue weighted by molar-refractivity contribution is 5.90. The van der Waals surface area contributed by atoms with Crippen molar-refractivity contribution in [2.45, 2.75) is 20.3 Å². The molecule has 0 saturated carbocycles. The summed E-state index contributed by atoms with van der Waals surface area (Å²) in [6.07, 6.45) is 2.68. The molecular formula is C16H21FN2O. The smallest absolute Gasteiger partial charge is 0.125 e. The average Bonchev–Trinajstić information content (AvgIpc) is 2.42. The summed E-state index contributed by atoms with van der Waals surface area (Å²) >= 11 is 0. The molecule has 108 valence electrons. The summed E-state index contributed by atoms with van der Waals surface area (Å²) < 4.78 is 18.3. The highest BCUT2D eigenvalue weighted by Gasteiger charge is 2.17. The Balaban J connectivity index is 2.14. The third-order valence-electron chi connectivity index (χ3n) is 3.45. The maximum atomic E-state index is 13.2. The van der Waals surface area contributed by atoms with E-state index < -0.39 is 0 Å². The van der Waals surface area contributed by atoms with Crippen molar-refractivity contribution in [2.75, 3.05) is 25.6 Å². The summed E-state index contributed by atoms with van der Waals surface area (Å²) in [5.74, 6) is -0.262. The largest absolute Gasteiger partial charge is 0.385 e. The van der Waals surface area contributed by atoms with E-state index >= 15 is 0 Å². The van der Waals surface area contributed by atoms with E-state index in [-0.39, 0.29) is 11.2 Å². The lowest BCUT2D eigenvalue weighted by molar-refractivity contribution is 0.157. The van der Waals surface area contributed by atoms with Crippen LogP contribution in [0, 0.1) is 11.2 Å². The van der Waals surface area contributed by atoms with Crippen LogP contribution >= 0.6 is 0 Å². The first-order valence-corrected chi connectivity index (χ1v) is 6.79. The van der Waals surface area contributed by atoms with E-state index in [1.807, 2.05) is 6.07 Å². The summed E-state index contributed by atoms with van der Waals surface area (Å²) in [7, 11) is 1.72. The van der Waals surface area contributed by atoms with Gasteiger partial charge in [-0.25, -0.2) is 4.39 Å². The van der Waals surface area contributed by atoms with Gasteiger partial charge >= 0.3 is 0 Å². The second-order valence-electron chi connectivity index (χ2n) is 5.78. The summed E-state index contributed by atoms with van der Waals surface area (Å²) in [6, 6.07) is 6.61. The predicted molar refractivity (Wildman–Crippen MR) is 80.5 cm³/mol. The fourth-order valence-electron chi connectivity index (χ4n) is 2.08. The molecule has 1 aromatic heterocycles. The minimum Gasteiger partial charge on any atom is -0.385 e. The molecule has 0 saturated heterocycles. The molecule has 0 aliphatic carbocycles. The SMILES string of the molecule is COCCC(C)(C)CNc1ccnc2cc(F)ccc12. The maximum absolute atomic E-state index is 13.2. The van der Waals surface area contributed by atoms with Crippen molar-refractivity contribution in [1.82, 2.24) is 4.98 Å². The van der Waals surface area contributed by atoms with Crippen LogP contribution in [0.2, 0.25) is 0 Å². The Morgan fingerprint density at radius 2 is 2.10 bits per heavy atom. The summed E-state index contributed by atoms with van der Waals surface area (Å²) in [5, 5.41) is 4.38. The summed E-state index contributed by atoms with van der Waals surface area (Å²) in [4.78, 5) is 4.20. The number of halogens is 1. The number of rotatable bonds is 6. The number of ether oxygens (including phenoxy) is 1. The molecule has 2 rings (SSSR count). The van der Waals surface area contributed by atoms with E-state index in [2.05, 4.69) is 24.1 Å². The highest BCUT2D eigenvalue weighted by Crippen LogP contribution is 2.25. The van der Waals surface area contributed by atoms with Crippen molar-refractivity contribution in [3.63, 3.8) is 0 Å². The van der Waals surface area contributed by atoms with Crippen LogP contribution in [0.3, 0.4) is 0 Å². The summed E-state index contributed by atoms with van der Waals surface area (Å²) in [6.45, 7) is 5.97. The molecule has 0 amide bonds. The van der Waals surface area contributed by atoms with Crippen molar-refractivity contribution < 1.29 is 9.13 Å². The number of hydrogen-bond donors (Lipinski definition) is 1. The van der Waals surface area contributed by atoms with Gasteiger partial charge in [0, 0.05) is 43.6 Å². The molecular weight excluding hydrogens is 255 g/mol. The van der Waals surface area contributed by atoms with Gasteiger partial charge in [0.25, 0.3) is 0 Å². The third kappa shape index (κ3) is 3.67. The molecule has 0 radical (unpaired) electrons. The van der Waals surface area contributed by atoms with Crippen molar-refractivity contribution >= 4 is 16.6 Å². The van der Waals surface area contributed by atoms with E-state index in [0.717, 1.165) is 30.6 Å². The third-order valence-corrected chi connectivity index (χ3v) is 3.45. The van der Waals surface area contributed by atoms with Crippen LogP contribution < -0.4 is 5.32 Å². The average molecular weight is 276 g/mol. The lowest BCUT2D eigenvalue weighted by Gasteiger charge is -2.25. The zero-order valence-corrected chi connectivity index (χ0v) is 12.2. The Kier molecular flexibility index (Phi) is 4.55. The van der Waals surface area contributed by atoms with E-state index in [4.69, 9.17) is 4.74 Å². The van der Waals surface area contributed by atoms with Gasteiger partial charge in [-0.15, -0.1) is 0 Å². The van der Waals surface area contributed by atoms with E-state index in [0.29, 0.717) is 5.52 Å². The molecule has 1 aromatic carbocycles. The zero-order chi connectivity index (χ0) is 14.6. The Hall–Kier alpha value is -1.68. The fourth-order valence-corrected chi connectivity index (χ4v) is 2.08. The molecule has 1 heterocycles. The second kappa shape index (κ2) is 6.18. The minimum atomic E-state index is -0.262. The highest BCUT2D eigenvalue weighted by atomic mass is 19.1. The molecule has 3 nitrogen and oxygen atoms in total.